The van der Waals surface area contributed by atoms with Crippen molar-refractivity contribution in [2.45, 2.75) is 13.0 Å². The SMILES string of the molecule is COc1ncccc1NC(=O)CCn1nnc2ccccc2c1=O. The van der Waals surface area contributed by atoms with Gasteiger partial charge in [-0.25, -0.2) is 9.67 Å². The Labute approximate surface area is 137 Å². The molecule has 1 N–H and O–H groups in total. The minimum Gasteiger partial charge on any atom is -0.480 e. The number of carbonyl (C=O) groups is 1. The molecule has 0 spiro atoms. The molecule has 0 aliphatic rings. The molecule has 0 aliphatic heterocycles. The molecule has 0 radical (unpaired) electrons. The first-order chi connectivity index (χ1) is 11.7. The zero-order valence-electron chi connectivity index (χ0n) is 13.0. The van der Waals surface area contributed by atoms with Crippen molar-refractivity contribution < 1.29 is 9.53 Å². The monoisotopic (exact) mass is 325 g/mol. The van der Waals surface area contributed by atoms with Crippen LogP contribution < -0.4 is 15.6 Å². The molecule has 122 valence electrons. The molecule has 1 aromatic carbocycles. The molecule has 3 aromatic rings. The molecule has 3 rings (SSSR count). The van der Waals surface area contributed by atoms with Crippen LogP contribution in [0.5, 0.6) is 5.88 Å². The van der Waals surface area contributed by atoms with Gasteiger partial charge >= 0.3 is 0 Å². The van der Waals surface area contributed by atoms with E-state index in [2.05, 4.69) is 20.6 Å². The summed E-state index contributed by atoms with van der Waals surface area (Å²) in [5, 5.41) is 11.0. The van der Waals surface area contributed by atoms with Gasteiger partial charge in [-0.15, -0.1) is 5.10 Å². The lowest BCUT2D eigenvalue weighted by atomic mass is 10.2. The van der Waals surface area contributed by atoms with Crippen molar-refractivity contribution in [1.82, 2.24) is 20.0 Å². The van der Waals surface area contributed by atoms with Gasteiger partial charge in [0.05, 0.1) is 19.0 Å². The van der Waals surface area contributed by atoms with Crippen molar-refractivity contribution in [1.29, 1.82) is 0 Å². The topological polar surface area (TPSA) is 99.0 Å². The molecule has 8 heteroatoms. The molecule has 0 saturated carbocycles. The fourth-order valence-electron chi connectivity index (χ4n) is 2.24. The fourth-order valence-corrected chi connectivity index (χ4v) is 2.24. The van der Waals surface area contributed by atoms with Gasteiger partial charge < -0.3 is 10.1 Å². The third-order valence-electron chi connectivity index (χ3n) is 3.42. The largest absolute Gasteiger partial charge is 0.480 e. The predicted octanol–water partition coefficient (Wildman–Crippen LogP) is 1.22. The van der Waals surface area contributed by atoms with Crippen LogP contribution in [0.2, 0.25) is 0 Å². The zero-order chi connectivity index (χ0) is 16.9. The lowest BCUT2D eigenvalue weighted by molar-refractivity contribution is -0.116. The average Bonchev–Trinajstić information content (AvgIpc) is 2.62. The first kappa shape index (κ1) is 15.6. The van der Waals surface area contributed by atoms with Crippen LogP contribution in [-0.2, 0) is 11.3 Å². The van der Waals surface area contributed by atoms with Crippen molar-refractivity contribution in [3.8, 4) is 5.88 Å². The van der Waals surface area contributed by atoms with Gasteiger partial charge in [0.15, 0.2) is 0 Å². The summed E-state index contributed by atoms with van der Waals surface area (Å²) in [6, 6.07) is 10.3. The van der Waals surface area contributed by atoms with Crippen LogP contribution in [0.15, 0.2) is 47.4 Å². The van der Waals surface area contributed by atoms with Gasteiger partial charge in [0.2, 0.25) is 11.8 Å². The summed E-state index contributed by atoms with van der Waals surface area (Å²) in [6.45, 7) is 0.130. The van der Waals surface area contributed by atoms with Crippen molar-refractivity contribution in [3.63, 3.8) is 0 Å². The molecule has 0 atom stereocenters. The average molecular weight is 325 g/mol. The summed E-state index contributed by atoms with van der Waals surface area (Å²) in [6.07, 6.45) is 1.64. The van der Waals surface area contributed by atoms with Gasteiger partial charge in [-0.2, -0.15) is 0 Å². The van der Waals surface area contributed by atoms with Gasteiger partial charge in [-0.05, 0) is 24.3 Å². The van der Waals surface area contributed by atoms with E-state index < -0.39 is 0 Å². The third kappa shape index (κ3) is 3.22. The van der Waals surface area contributed by atoms with E-state index in [1.165, 1.54) is 11.8 Å². The second-order valence-corrected chi connectivity index (χ2v) is 4.99. The van der Waals surface area contributed by atoms with E-state index in [-0.39, 0.29) is 24.4 Å². The maximum Gasteiger partial charge on any atom is 0.277 e. The van der Waals surface area contributed by atoms with E-state index in [0.717, 1.165) is 0 Å². The van der Waals surface area contributed by atoms with Crippen molar-refractivity contribution in [2.75, 3.05) is 12.4 Å². The summed E-state index contributed by atoms with van der Waals surface area (Å²) in [4.78, 5) is 28.4. The standard InChI is InChI=1S/C16H15N5O3/c1-24-15-13(7-4-9-17-15)18-14(22)8-10-21-16(23)11-5-2-3-6-12(11)19-20-21/h2-7,9H,8,10H2,1H3,(H,18,22). The molecule has 0 unspecified atom stereocenters. The molecule has 2 heterocycles. The minimum absolute atomic E-state index is 0.0744. The zero-order valence-corrected chi connectivity index (χ0v) is 13.0. The lowest BCUT2D eigenvalue weighted by Gasteiger charge is -2.09. The molecular formula is C16H15N5O3. The summed E-state index contributed by atoms with van der Waals surface area (Å²) < 4.78 is 6.26. The first-order valence-corrected chi connectivity index (χ1v) is 7.30. The molecule has 0 aliphatic carbocycles. The number of nitrogens with zero attached hydrogens (tertiary/aromatic N) is 4. The van der Waals surface area contributed by atoms with Crippen LogP contribution in [0.3, 0.4) is 0 Å². The van der Waals surface area contributed by atoms with E-state index in [1.54, 1.807) is 42.6 Å². The second-order valence-electron chi connectivity index (χ2n) is 4.99. The number of hydrogen-bond acceptors (Lipinski definition) is 6. The Morgan fingerprint density at radius 2 is 2.08 bits per heavy atom. The number of ether oxygens (including phenoxy) is 1. The highest BCUT2D eigenvalue weighted by molar-refractivity contribution is 5.91. The molecule has 0 saturated heterocycles. The van der Waals surface area contributed by atoms with E-state index >= 15 is 0 Å². The Morgan fingerprint density at radius 3 is 2.92 bits per heavy atom. The summed E-state index contributed by atoms with van der Waals surface area (Å²) in [7, 11) is 1.47. The van der Waals surface area contributed by atoms with E-state index in [9.17, 15) is 9.59 Å². The summed E-state index contributed by atoms with van der Waals surface area (Å²) in [5.41, 5.74) is 0.734. The highest BCUT2D eigenvalue weighted by atomic mass is 16.5. The maximum atomic E-state index is 12.3. The highest BCUT2D eigenvalue weighted by Gasteiger charge is 2.10. The van der Waals surface area contributed by atoms with Gasteiger partial charge in [0, 0.05) is 12.6 Å². The summed E-state index contributed by atoms with van der Waals surface area (Å²) >= 11 is 0. The molecule has 0 bridgehead atoms. The number of aryl methyl sites for hydroxylation is 1. The van der Waals surface area contributed by atoms with Gasteiger partial charge in [-0.1, -0.05) is 17.3 Å². The van der Waals surface area contributed by atoms with Gasteiger partial charge in [0.25, 0.3) is 5.56 Å². The first-order valence-electron chi connectivity index (χ1n) is 7.30. The van der Waals surface area contributed by atoms with Crippen LogP contribution in [0, 0.1) is 0 Å². The Morgan fingerprint density at radius 1 is 1.25 bits per heavy atom. The number of hydrogen-bond donors (Lipinski definition) is 1. The molecule has 2 aromatic heterocycles. The number of rotatable bonds is 5. The van der Waals surface area contributed by atoms with E-state index in [1.807, 2.05) is 0 Å². The number of nitrogens with one attached hydrogen (secondary N) is 1. The quantitative estimate of drug-likeness (QED) is 0.757. The number of carbonyl (C=O) groups excluding carboxylic acids is 1. The Bertz CT molecular complexity index is 938. The van der Waals surface area contributed by atoms with Crippen molar-refractivity contribution >= 4 is 22.5 Å². The Hall–Kier alpha value is -3.29. The van der Waals surface area contributed by atoms with Crippen LogP contribution in [0.1, 0.15) is 6.42 Å². The number of amides is 1. The highest BCUT2D eigenvalue weighted by Crippen LogP contribution is 2.19. The van der Waals surface area contributed by atoms with Crippen LogP contribution in [0.4, 0.5) is 5.69 Å². The second kappa shape index (κ2) is 6.86. The Kier molecular flexibility index (Phi) is 4.46. The lowest BCUT2D eigenvalue weighted by Crippen LogP contribution is -2.26. The van der Waals surface area contributed by atoms with Crippen molar-refractivity contribution in [2.24, 2.45) is 0 Å². The van der Waals surface area contributed by atoms with Crippen LogP contribution in [-0.4, -0.2) is 33.0 Å². The molecule has 1 amide bonds. The number of pyridine rings is 1. The smallest absolute Gasteiger partial charge is 0.277 e. The Balaban J connectivity index is 1.71. The number of aromatic nitrogens is 4. The number of anilines is 1. The third-order valence-corrected chi connectivity index (χ3v) is 3.42. The van der Waals surface area contributed by atoms with Crippen LogP contribution in [0.25, 0.3) is 10.9 Å². The predicted molar refractivity (Wildman–Crippen MR) is 87.8 cm³/mol. The van der Waals surface area contributed by atoms with E-state index in [0.29, 0.717) is 22.5 Å². The van der Waals surface area contributed by atoms with Gasteiger partial charge in [0.1, 0.15) is 11.2 Å². The van der Waals surface area contributed by atoms with Crippen molar-refractivity contribution in [3.05, 3.63) is 52.9 Å². The number of methoxy groups -OCH3 is 1. The summed E-state index contributed by atoms with van der Waals surface area (Å²) in [5.74, 6) is 0.0525. The van der Waals surface area contributed by atoms with Crippen LogP contribution >= 0.6 is 0 Å². The van der Waals surface area contributed by atoms with Gasteiger partial charge in [-0.3, -0.25) is 9.59 Å². The number of benzene rings is 1. The molecule has 0 fully saturated rings. The molecule has 24 heavy (non-hydrogen) atoms. The molecule has 8 nitrogen and oxygen atoms in total. The molecular weight excluding hydrogens is 310 g/mol. The normalized spacial score (nSPS) is 10.5. The minimum atomic E-state index is -0.275. The van der Waals surface area contributed by atoms with E-state index in [4.69, 9.17) is 4.74 Å². The fraction of sp³-hybridized carbons (Fsp3) is 0.188. The maximum absolute atomic E-state index is 12.3. The number of fused-ring (bicyclic) bond motifs is 1.